The number of hydrogen-bond acceptors (Lipinski definition) is 3. The lowest BCUT2D eigenvalue weighted by Gasteiger charge is -2.27. The van der Waals surface area contributed by atoms with Crippen LogP contribution in [0.25, 0.3) is 0 Å². The summed E-state index contributed by atoms with van der Waals surface area (Å²) in [5, 5.41) is -0.162. The highest BCUT2D eigenvalue weighted by molar-refractivity contribution is 8.01. The van der Waals surface area contributed by atoms with Crippen molar-refractivity contribution in [2.24, 2.45) is 0 Å². The van der Waals surface area contributed by atoms with Crippen LogP contribution in [0.2, 0.25) is 0 Å². The predicted molar refractivity (Wildman–Crippen MR) is 106 cm³/mol. The maximum atomic E-state index is 13.4. The molecule has 2 aromatic carbocycles. The van der Waals surface area contributed by atoms with E-state index in [1.165, 1.54) is 23.1 Å². The number of rotatable bonds is 5. The summed E-state index contributed by atoms with van der Waals surface area (Å²) in [6, 6.07) is 13.8. The fraction of sp³-hybridized carbons (Fsp3) is 0.333. The van der Waals surface area contributed by atoms with E-state index in [1.807, 2.05) is 36.9 Å². The molecule has 27 heavy (non-hydrogen) atoms. The zero-order valence-electron chi connectivity index (χ0n) is 15.7. The lowest BCUT2D eigenvalue weighted by atomic mass is 10.1. The topological polar surface area (TPSA) is 40.6 Å². The summed E-state index contributed by atoms with van der Waals surface area (Å²) in [6.45, 7) is 4.77. The van der Waals surface area contributed by atoms with Crippen LogP contribution in [-0.4, -0.2) is 47.0 Å². The lowest BCUT2D eigenvalue weighted by molar-refractivity contribution is -0.129. The van der Waals surface area contributed by atoms with Crippen molar-refractivity contribution in [2.75, 3.05) is 20.1 Å². The Hall–Kier alpha value is -2.34. The van der Waals surface area contributed by atoms with Gasteiger partial charge < -0.3 is 9.80 Å². The zero-order chi connectivity index (χ0) is 19.6. The highest BCUT2D eigenvalue weighted by atomic mass is 32.2. The summed E-state index contributed by atoms with van der Waals surface area (Å²) in [6.07, 6.45) is 0. The molecule has 2 unspecified atom stereocenters. The Bertz CT molecular complexity index is 858. The van der Waals surface area contributed by atoms with Gasteiger partial charge in [-0.2, -0.15) is 0 Å². The predicted octanol–water partition coefficient (Wildman–Crippen LogP) is 3.87. The van der Waals surface area contributed by atoms with Gasteiger partial charge in [0.2, 0.25) is 5.91 Å². The third-order valence-electron chi connectivity index (χ3n) is 4.67. The van der Waals surface area contributed by atoms with E-state index >= 15 is 0 Å². The average molecular weight is 386 g/mol. The molecule has 0 radical (unpaired) electrons. The number of amides is 2. The van der Waals surface area contributed by atoms with Crippen molar-refractivity contribution in [3.8, 4) is 0 Å². The molecule has 1 heterocycles. The molecule has 0 spiro atoms. The number of aryl methyl sites for hydroxylation is 1. The zero-order valence-corrected chi connectivity index (χ0v) is 16.5. The standard InChI is InChI=1S/C21H23FN2O2S/c1-14-6-4-8-17(12-14)21-24(19(25)15(2)27-21)11-10-23(3)20(26)16-7-5-9-18(22)13-16/h4-9,12-13,15,21H,10-11H2,1-3H3. The first-order valence-electron chi connectivity index (χ1n) is 8.90. The summed E-state index contributed by atoms with van der Waals surface area (Å²) < 4.78 is 13.4. The Labute approximate surface area is 163 Å². The first-order chi connectivity index (χ1) is 12.9. The van der Waals surface area contributed by atoms with E-state index in [-0.39, 0.29) is 22.4 Å². The Kier molecular flexibility index (Phi) is 5.85. The molecular weight excluding hydrogens is 363 g/mol. The number of thioether (sulfide) groups is 1. The smallest absolute Gasteiger partial charge is 0.253 e. The maximum Gasteiger partial charge on any atom is 0.253 e. The van der Waals surface area contributed by atoms with Crippen molar-refractivity contribution in [1.29, 1.82) is 0 Å². The van der Waals surface area contributed by atoms with Gasteiger partial charge in [-0.15, -0.1) is 11.8 Å². The molecule has 0 aliphatic carbocycles. The highest BCUT2D eigenvalue weighted by Crippen LogP contribution is 2.42. The monoisotopic (exact) mass is 386 g/mol. The summed E-state index contributed by atoms with van der Waals surface area (Å²) >= 11 is 1.63. The molecule has 2 aromatic rings. The van der Waals surface area contributed by atoms with Crippen LogP contribution in [0.4, 0.5) is 4.39 Å². The molecule has 1 aliphatic rings. The molecular formula is C21H23FN2O2S. The molecule has 1 aliphatic heterocycles. The molecule has 0 bridgehead atoms. The third kappa shape index (κ3) is 4.33. The molecule has 4 nitrogen and oxygen atoms in total. The van der Waals surface area contributed by atoms with E-state index < -0.39 is 5.82 Å². The quantitative estimate of drug-likeness (QED) is 0.783. The van der Waals surface area contributed by atoms with Gasteiger partial charge in [-0.3, -0.25) is 9.59 Å². The summed E-state index contributed by atoms with van der Waals surface area (Å²) in [7, 11) is 1.67. The van der Waals surface area contributed by atoms with Crippen LogP contribution in [0.1, 0.15) is 33.8 Å². The Balaban J connectivity index is 1.70. The maximum absolute atomic E-state index is 13.4. The second kappa shape index (κ2) is 8.13. The van der Waals surface area contributed by atoms with Crippen molar-refractivity contribution in [2.45, 2.75) is 24.5 Å². The largest absolute Gasteiger partial charge is 0.340 e. The van der Waals surface area contributed by atoms with Gasteiger partial charge >= 0.3 is 0 Å². The Morgan fingerprint density at radius 1 is 1.22 bits per heavy atom. The summed E-state index contributed by atoms with van der Waals surface area (Å²) in [5.41, 5.74) is 2.55. The summed E-state index contributed by atoms with van der Waals surface area (Å²) in [4.78, 5) is 28.5. The molecule has 6 heteroatoms. The van der Waals surface area contributed by atoms with Crippen LogP contribution in [-0.2, 0) is 4.79 Å². The average Bonchev–Trinajstić information content (AvgIpc) is 2.93. The van der Waals surface area contributed by atoms with Crippen molar-refractivity contribution in [3.05, 3.63) is 71.0 Å². The first kappa shape index (κ1) is 19.4. The summed E-state index contributed by atoms with van der Waals surface area (Å²) in [5.74, 6) is -0.610. The van der Waals surface area contributed by atoms with Gasteiger partial charge in [0.25, 0.3) is 5.91 Å². The van der Waals surface area contributed by atoms with Gasteiger partial charge in [-0.05, 0) is 37.6 Å². The third-order valence-corrected chi connectivity index (χ3v) is 6.06. The van der Waals surface area contributed by atoms with Gasteiger partial charge in [0.1, 0.15) is 11.2 Å². The minimum atomic E-state index is -0.436. The van der Waals surface area contributed by atoms with Crippen molar-refractivity contribution >= 4 is 23.6 Å². The lowest BCUT2D eigenvalue weighted by Crippen LogP contribution is -2.39. The molecule has 1 saturated heterocycles. The Morgan fingerprint density at radius 2 is 1.96 bits per heavy atom. The van der Waals surface area contributed by atoms with Crippen LogP contribution in [0.3, 0.4) is 0 Å². The molecule has 3 rings (SSSR count). The SMILES string of the molecule is Cc1cccc(C2SC(C)C(=O)N2CCN(C)C(=O)c2cccc(F)c2)c1. The number of hydrogen-bond donors (Lipinski definition) is 0. The minimum absolute atomic E-state index is 0.0509. The van der Waals surface area contributed by atoms with E-state index in [4.69, 9.17) is 0 Å². The number of benzene rings is 2. The van der Waals surface area contributed by atoms with E-state index in [0.29, 0.717) is 18.7 Å². The minimum Gasteiger partial charge on any atom is -0.340 e. The molecule has 142 valence electrons. The molecule has 0 saturated carbocycles. The molecule has 2 atom stereocenters. The molecule has 0 aromatic heterocycles. The van der Waals surface area contributed by atoms with Crippen LogP contribution in [0.15, 0.2) is 48.5 Å². The van der Waals surface area contributed by atoms with Gasteiger partial charge in [0, 0.05) is 25.7 Å². The number of carbonyl (C=O) groups is 2. The second-order valence-corrected chi connectivity index (χ2v) is 8.24. The van der Waals surface area contributed by atoms with Gasteiger partial charge in [-0.1, -0.05) is 35.9 Å². The number of halogens is 1. The van der Waals surface area contributed by atoms with Crippen LogP contribution in [0, 0.1) is 12.7 Å². The van der Waals surface area contributed by atoms with Gasteiger partial charge in [0.15, 0.2) is 0 Å². The number of nitrogens with zero attached hydrogens (tertiary/aromatic N) is 2. The first-order valence-corrected chi connectivity index (χ1v) is 9.84. The van der Waals surface area contributed by atoms with E-state index in [0.717, 1.165) is 11.1 Å². The van der Waals surface area contributed by atoms with Crippen LogP contribution in [0.5, 0.6) is 0 Å². The van der Waals surface area contributed by atoms with E-state index in [2.05, 4.69) is 6.07 Å². The Morgan fingerprint density at radius 3 is 2.67 bits per heavy atom. The van der Waals surface area contributed by atoms with Gasteiger partial charge in [-0.25, -0.2) is 4.39 Å². The van der Waals surface area contributed by atoms with Gasteiger partial charge in [0.05, 0.1) is 5.25 Å². The fourth-order valence-corrected chi connectivity index (χ4v) is 4.48. The molecule has 1 fully saturated rings. The number of carbonyl (C=O) groups excluding carboxylic acids is 2. The van der Waals surface area contributed by atoms with E-state index in [1.54, 1.807) is 24.9 Å². The second-order valence-electron chi connectivity index (χ2n) is 6.81. The van der Waals surface area contributed by atoms with Crippen LogP contribution >= 0.6 is 11.8 Å². The molecule has 0 N–H and O–H groups in total. The van der Waals surface area contributed by atoms with E-state index in [9.17, 15) is 14.0 Å². The normalized spacial score (nSPS) is 19.4. The highest BCUT2D eigenvalue weighted by Gasteiger charge is 2.38. The number of likely N-dealkylation sites (N-methyl/N-ethyl adjacent to an activating group) is 1. The fourth-order valence-electron chi connectivity index (χ4n) is 3.18. The van der Waals surface area contributed by atoms with Crippen molar-refractivity contribution in [1.82, 2.24) is 9.80 Å². The van der Waals surface area contributed by atoms with Crippen LogP contribution < -0.4 is 0 Å². The molecule has 2 amide bonds. The van der Waals surface area contributed by atoms with Crippen molar-refractivity contribution < 1.29 is 14.0 Å². The van der Waals surface area contributed by atoms with Crippen molar-refractivity contribution in [3.63, 3.8) is 0 Å².